The van der Waals surface area contributed by atoms with Crippen LogP contribution in [0.25, 0.3) is 0 Å². The first-order valence-electron chi connectivity index (χ1n) is 14.1. The number of benzene rings is 1. The molecular formula is C31H42N2O5S. The number of aliphatic hydroxyl groups is 1. The summed E-state index contributed by atoms with van der Waals surface area (Å²) in [4.78, 5) is 45.6. The number of carbonyl (C=O) groups excluding carboxylic acids is 3. The van der Waals surface area contributed by atoms with Crippen LogP contribution >= 0.6 is 11.8 Å². The second kappa shape index (κ2) is 12.3. The zero-order chi connectivity index (χ0) is 28.2. The predicted molar refractivity (Wildman–Crippen MR) is 154 cm³/mol. The van der Waals surface area contributed by atoms with Gasteiger partial charge in [-0.05, 0) is 51.0 Å². The molecule has 4 rings (SSSR count). The van der Waals surface area contributed by atoms with E-state index in [1.807, 2.05) is 50.3 Å². The molecule has 0 saturated carbocycles. The minimum Gasteiger partial charge on any atom is -0.465 e. The number of amides is 2. The van der Waals surface area contributed by atoms with Gasteiger partial charge < -0.3 is 19.6 Å². The van der Waals surface area contributed by atoms with E-state index in [1.54, 1.807) is 27.6 Å². The number of aliphatic hydroxyl groups excluding tert-OH is 1. The fourth-order valence-electron chi connectivity index (χ4n) is 6.83. The molecule has 1 aromatic rings. The lowest BCUT2D eigenvalue weighted by Gasteiger charge is -2.39. The topological polar surface area (TPSA) is 87.1 Å². The van der Waals surface area contributed by atoms with E-state index in [9.17, 15) is 19.5 Å². The molecular weight excluding hydrogens is 512 g/mol. The predicted octanol–water partition coefficient (Wildman–Crippen LogP) is 4.35. The molecule has 39 heavy (non-hydrogen) atoms. The lowest BCUT2D eigenvalue weighted by molar-refractivity contribution is -0.156. The van der Waals surface area contributed by atoms with Crippen molar-refractivity contribution in [1.29, 1.82) is 0 Å². The molecule has 3 aliphatic heterocycles. The average Bonchev–Trinajstić information content (AvgIpc) is 3.50. The first-order valence-corrected chi connectivity index (χ1v) is 14.9. The van der Waals surface area contributed by atoms with Gasteiger partial charge in [0.1, 0.15) is 6.04 Å². The summed E-state index contributed by atoms with van der Waals surface area (Å²) in [6.07, 6.45) is 7.94. The number of likely N-dealkylation sites (tertiary alicyclic amines) is 1. The molecule has 7 nitrogen and oxygen atoms in total. The molecule has 3 fully saturated rings. The van der Waals surface area contributed by atoms with Crippen LogP contribution in [0, 0.1) is 11.8 Å². The highest BCUT2D eigenvalue weighted by Gasteiger charge is 2.78. The number of allylic oxidation sites excluding steroid dienone is 1. The molecule has 1 N–H and O–H groups in total. The first kappa shape index (κ1) is 29.4. The van der Waals surface area contributed by atoms with Crippen molar-refractivity contribution >= 4 is 29.5 Å². The van der Waals surface area contributed by atoms with Gasteiger partial charge in [0.05, 0.1) is 35.8 Å². The number of rotatable bonds is 14. The second-order valence-corrected chi connectivity index (χ2v) is 13.1. The van der Waals surface area contributed by atoms with Crippen LogP contribution in [0.3, 0.4) is 0 Å². The Balaban J connectivity index is 1.69. The number of fused-ring (bicyclic) bond motifs is 1. The van der Waals surface area contributed by atoms with Crippen LogP contribution in [0.15, 0.2) is 55.6 Å². The zero-order valence-electron chi connectivity index (χ0n) is 23.2. The monoisotopic (exact) mass is 554 g/mol. The van der Waals surface area contributed by atoms with Gasteiger partial charge in [0.25, 0.3) is 0 Å². The van der Waals surface area contributed by atoms with Crippen molar-refractivity contribution < 1.29 is 24.2 Å². The van der Waals surface area contributed by atoms with Crippen molar-refractivity contribution in [2.45, 2.75) is 80.5 Å². The molecule has 2 unspecified atom stereocenters. The molecule has 2 amide bonds. The Labute approximate surface area is 236 Å². The van der Waals surface area contributed by atoms with Crippen LogP contribution in [0.5, 0.6) is 0 Å². The average molecular weight is 555 g/mol. The molecule has 6 atom stereocenters. The van der Waals surface area contributed by atoms with Gasteiger partial charge in [0, 0.05) is 17.8 Å². The van der Waals surface area contributed by atoms with E-state index in [0.717, 1.165) is 31.2 Å². The van der Waals surface area contributed by atoms with Crippen LogP contribution in [0.4, 0.5) is 0 Å². The van der Waals surface area contributed by atoms with E-state index in [1.165, 1.54) is 0 Å². The van der Waals surface area contributed by atoms with E-state index in [4.69, 9.17) is 4.74 Å². The second-order valence-electron chi connectivity index (χ2n) is 11.2. The molecule has 1 aromatic carbocycles. The fraction of sp³-hybridized carbons (Fsp3) is 0.581. The summed E-state index contributed by atoms with van der Waals surface area (Å²) in [5, 5.41) is 10.3. The van der Waals surface area contributed by atoms with Crippen LogP contribution in [-0.2, 0) is 25.7 Å². The maximum Gasteiger partial charge on any atom is 0.311 e. The number of carbonyl (C=O) groups is 3. The number of ether oxygens (including phenoxy) is 1. The number of hydrogen-bond acceptors (Lipinski definition) is 6. The molecule has 3 aliphatic rings. The number of nitrogens with zero attached hydrogens (tertiary/aromatic N) is 2. The Morgan fingerprint density at radius 2 is 1.97 bits per heavy atom. The highest BCUT2D eigenvalue weighted by Crippen LogP contribution is 2.71. The van der Waals surface area contributed by atoms with Crippen LogP contribution in [0.2, 0.25) is 0 Å². The van der Waals surface area contributed by atoms with Crippen LogP contribution < -0.4 is 0 Å². The van der Waals surface area contributed by atoms with Gasteiger partial charge in [-0.1, -0.05) is 49.4 Å². The minimum absolute atomic E-state index is 0.156. The van der Waals surface area contributed by atoms with E-state index in [0.29, 0.717) is 32.5 Å². The lowest BCUT2D eigenvalue weighted by atomic mass is 9.66. The summed E-state index contributed by atoms with van der Waals surface area (Å²) in [6.45, 7) is 12.3. The molecule has 8 heteroatoms. The molecule has 3 heterocycles. The molecule has 212 valence electrons. The first-order chi connectivity index (χ1) is 18.8. The van der Waals surface area contributed by atoms with E-state index < -0.39 is 33.4 Å². The third-order valence-electron chi connectivity index (χ3n) is 8.70. The van der Waals surface area contributed by atoms with Crippen molar-refractivity contribution in [3.8, 4) is 0 Å². The third kappa shape index (κ3) is 5.30. The van der Waals surface area contributed by atoms with Gasteiger partial charge in [0.15, 0.2) is 0 Å². The van der Waals surface area contributed by atoms with Gasteiger partial charge in [0.2, 0.25) is 11.8 Å². The number of thioether (sulfide) groups is 1. The van der Waals surface area contributed by atoms with Gasteiger partial charge in [-0.3, -0.25) is 14.4 Å². The van der Waals surface area contributed by atoms with Crippen molar-refractivity contribution in [1.82, 2.24) is 9.80 Å². The Morgan fingerprint density at radius 1 is 1.23 bits per heavy atom. The Kier molecular flexibility index (Phi) is 9.27. The van der Waals surface area contributed by atoms with Gasteiger partial charge in [-0.15, -0.1) is 24.9 Å². The van der Waals surface area contributed by atoms with Gasteiger partial charge in [-0.2, -0.15) is 0 Å². The normalized spacial score (nSPS) is 29.7. The number of hydrogen-bond donors (Lipinski definition) is 1. The maximum absolute atomic E-state index is 14.5. The SMILES string of the molecule is C=CCCCCOC(=O)[C@@H]1[C@H]2C(=O)N([C@@H](CC)CO)C(C(=O)N(CC=C)Cc3ccccc3)C23CC[C@@]1(C)S3. The number of unbranched alkanes of at least 4 members (excludes halogenated alkanes) is 2. The largest absolute Gasteiger partial charge is 0.465 e. The molecule has 2 bridgehead atoms. The van der Waals surface area contributed by atoms with E-state index in [2.05, 4.69) is 13.2 Å². The quantitative estimate of drug-likeness (QED) is 0.209. The molecule has 1 spiro atoms. The standard InChI is InChI=1S/C31H42N2O5S/c1-5-8-9-13-19-38-29(37)25-24-27(35)33(23(7-3)21-34)26(31(24)17-16-30(25,4)39-31)28(36)32(18-6-2)20-22-14-11-10-12-15-22/h5-6,10-12,14-15,23-26,34H,1-2,7-9,13,16-21H2,3-4H3/t23-,24-,25-,26?,30+,31?/m0/s1. The van der Waals surface area contributed by atoms with Crippen molar-refractivity contribution in [2.24, 2.45) is 11.8 Å². The Bertz CT molecular complexity index is 1080. The van der Waals surface area contributed by atoms with Gasteiger partial charge in [-0.25, -0.2) is 0 Å². The fourth-order valence-corrected chi connectivity index (χ4v) is 9.15. The maximum atomic E-state index is 14.5. The Hall–Kier alpha value is -2.58. The summed E-state index contributed by atoms with van der Waals surface area (Å²) in [5.74, 6) is -1.99. The lowest BCUT2D eigenvalue weighted by Crippen LogP contribution is -2.57. The summed E-state index contributed by atoms with van der Waals surface area (Å²) in [5.41, 5.74) is 0.986. The number of esters is 1. The molecule has 0 aromatic heterocycles. The summed E-state index contributed by atoms with van der Waals surface area (Å²) in [6, 6.07) is 8.49. The van der Waals surface area contributed by atoms with Crippen LogP contribution in [0.1, 0.15) is 57.9 Å². The summed E-state index contributed by atoms with van der Waals surface area (Å²) >= 11 is 1.63. The molecule has 0 aliphatic carbocycles. The van der Waals surface area contributed by atoms with Crippen molar-refractivity contribution in [3.63, 3.8) is 0 Å². The van der Waals surface area contributed by atoms with Crippen LogP contribution in [-0.4, -0.2) is 74.0 Å². The Morgan fingerprint density at radius 3 is 2.62 bits per heavy atom. The van der Waals surface area contributed by atoms with Crippen molar-refractivity contribution in [3.05, 3.63) is 61.2 Å². The summed E-state index contributed by atoms with van der Waals surface area (Å²) < 4.78 is 4.52. The highest BCUT2D eigenvalue weighted by atomic mass is 32.2. The zero-order valence-corrected chi connectivity index (χ0v) is 24.0. The molecule has 0 radical (unpaired) electrons. The molecule has 3 saturated heterocycles. The van der Waals surface area contributed by atoms with E-state index in [-0.39, 0.29) is 24.4 Å². The van der Waals surface area contributed by atoms with E-state index >= 15 is 0 Å². The highest BCUT2D eigenvalue weighted by molar-refractivity contribution is 8.02. The summed E-state index contributed by atoms with van der Waals surface area (Å²) in [7, 11) is 0. The van der Waals surface area contributed by atoms with Gasteiger partial charge >= 0.3 is 5.97 Å². The third-order valence-corrected chi connectivity index (χ3v) is 10.7. The minimum atomic E-state index is -0.770. The smallest absolute Gasteiger partial charge is 0.311 e. The van der Waals surface area contributed by atoms with Crippen molar-refractivity contribution in [2.75, 3.05) is 19.8 Å².